The Morgan fingerprint density at radius 2 is 1.96 bits per heavy atom. The second-order valence-corrected chi connectivity index (χ2v) is 6.94. The lowest BCUT2D eigenvalue weighted by Gasteiger charge is -2.18. The van der Waals surface area contributed by atoms with Gasteiger partial charge in [-0.3, -0.25) is 13.8 Å². The highest BCUT2D eigenvalue weighted by Gasteiger charge is 2.22. The number of benzene rings is 2. The number of rotatable bonds is 2. The number of anilines is 1. The van der Waals surface area contributed by atoms with Gasteiger partial charge in [0.1, 0.15) is 0 Å². The summed E-state index contributed by atoms with van der Waals surface area (Å²) in [6, 6.07) is 14.4. The largest absolute Gasteiger partial charge is 0.363 e. The summed E-state index contributed by atoms with van der Waals surface area (Å²) in [5.41, 5.74) is 4.52. The van der Waals surface area contributed by atoms with E-state index in [-0.39, 0.29) is 5.56 Å². The van der Waals surface area contributed by atoms with Gasteiger partial charge >= 0.3 is 0 Å². The molecular weight excluding hydrogens is 326 g/mol. The Labute approximate surface area is 150 Å². The van der Waals surface area contributed by atoms with Crippen molar-refractivity contribution in [2.45, 2.75) is 19.9 Å². The van der Waals surface area contributed by atoms with Crippen LogP contribution in [0, 0.1) is 6.92 Å². The van der Waals surface area contributed by atoms with Crippen molar-refractivity contribution in [3.8, 4) is 0 Å². The van der Waals surface area contributed by atoms with Crippen LogP contribution in [0.1, 0.15) is 17.0 Å². The van der Waals surface area contributed by atoms with Crippen LogP contribution in [0.5, 0.6) is 0 Å². The molecule has 0 N–H and O–H groups in total. The third-order valence-corrected chi connectivity index (χ3v) is 5.26. The Morgan fingerprint density at radius 1 is 1.12 bits per heavy atom. The van der Waals surface area contributed by atoms with Crippen molar-refractivity contribution in [2.75, 3.05) is 11.4 Å². The van der Waals surface area contributed by atoms with Crippen LogP contribution in [0.4, 0.5) is 5.69 Å². The fourth-order valence-electron chi connectivity index (χ4n) is 3.90. The molecule has 6 nitrogen and oxygen atoms in total. The van der Waals surface area contributed by atoms with Crippen LogP contribution < -0.4 is 10.5 Å². The number of aryl methyl sites for hydroxylation is 2. The number of fused-ring (bicyclic) bond motifs is 4. The molecule has 0 aliphatic carbocycles. The average Bonchev–Trinajstić information content (AvgIpc) is 3.25. The van der Waals surface area contributed by atoms with Gasteiger partial charge in [0.05, 0.1) is 17.4 Å². The highest BCUT2D eigenvalue weighted by molar-refractivity contribution is 5.81. The van der Waals surface area contributed by atoms with Gasteiger partial charge < -0.3 is 4.90 Å². The van der Waals surface area contributed by atoms with Crippen LogP contribution >= 0.6 is 0 Å². The van der Waals surface area contributed by atoms with E-state index in [1.54, 1.807) is 11.6 Å². The molecule has 2 aromatic carbocycles. The first-order valence-electron chi connectivity index (χ1n) is 8.80. The van der Waals surface area contributed by atoms with E-state index in [0.717, 1.165) is 29.9 Å². The normalized spacial score (nSPS) is 13.7. The first kappa shape index (κ1) is 15.1. The number of para-hydroxylation sites is 1. The van der Waals surface area contributed by atoms with Crippen LogP contribution in [-0.2, 0) is 20.0 Å². The second kappa shape index (κ2) is 5.42. The molecule has 0 fully saturated rings. The quantitative estimate of drug-likeness (QED) is 0.560. The fourth-order valence-corrected chi connectivity index (χ4v) is 3.90. The lowest BCUT2D eigenvalue weighted by Crippen LogP contribution is -2.23. The van der Waals surface area contributed by atoms with Gasteiger partial charge in [0.15, 0.2) is 5.82 Å². The predicted octanol–water partition coefficient (Wildman–Crippen LogP) is 2.45. The number of aromatic nitrogens is 4. The Bertz CT molecular complexity index is 1220. The molecule has 0 unspecified atom stereocenters. The predicted molar refractivity (Wildman–Crippen MR) is 102 cm³/mol. The van der Waals surface area contributed by atoms with E-state index in [0.29, 0.717) is 17.7 Å². The molecule has 4 aromatic rings. The van der Waals surface area contributed by atoms with Gasteiger partial charge in [-0.25, -0.2) is 0 Å². The van der Waals surface area contributed by atoms with E-state index in [2.05, 4.69) is 39.4 Å². The van der Waals surface area contributed by atoms with Crippen molar-refractivity contribution in [1.82, 2.24) is 19.2 Å². The van der Waals surface area contributed by atoms with Crippen LogP contribution in [0.25, 0.3) is 16.7 Å². The van der Waals surface area contributed by atoms with Gasteiger partial charge in [0, 0.05) is 19.3 Å². The number of nitrogens with zero attached hydrogens (tertiary/aromatic N) is 5. The zero-order chi connectivity index (χ0) is 17.8. The highest BCUT2D eigenvalue weighted by Crippen LogP contribution is 2.29. The van der Waals surface area contributed by atoms with Gasteiger partial charge in [-0.05, 0) is 37.1 Å². The van der Waals surface area contributed by atoms with E-state index >= 15 is 0 Å². The minimum Gasteiger partial charge on any atom is -0.363 e. The summed E-state index contributed by atoms with van der Waals surface area (Å²) >= 11 is 0. The lowest BCUT2D eigenvalue weighted by molar-refractivity contribution is 0.776. The minimum atomic E-state index is -0.0401. The van der Waals surface area contributed by atoms with E-state index in [9.17, 15) is 4.79 Å². The molecule has 3 heterocycles. The maximum atomic E-state index is 12.7. The molecule has 130 valence electrons. The second-order valence-electron chi connectivity index (χ2n) is 6.94. The fraction of sp³-hybridized carbons (Fsp3) is 0.250. The third kappa shape index (κ3) is 2.08. The highest BCUT2D eigenvalue weighted by atomic mass is 16.1. The maximum Gasteiger partial charge on any atom is 0.262 e. The zero-order valence-corrected chi connectivity index (χ0v) is 14.8. The molecule has 1 aliphatic rings. The van der Waals surface area contributed by atoms with Gasteiger partial charge in [-0.1, -0.05) is 29.8 Å². The Kier molecular flexibility index (Phi) is 3.16. The van der Waals surface area contributed by atoms with Crippen LogP contribution in [0.3, 0.4) is 0 Å². The molecule has 2 aromatic heterocycles. The maximum absolute atomic E-state index is 12.7. The van der Waals surface area contributed by atoms with E-state index in [1.165, 1.54) is 11.3 Å². The van der Waals surface area contributed by atoms with Crippen molar-refractivity contribution in [3.05, 3.63) is 69.8 Å². The minimum absolute atomic E-state index is 0.0401. The summed E-state index contributed by atoms with van der Waals surface area (Å²) in [6.45, 7) is 3.63. The molecule has 0 radical (unpaired) electrons. The molecule has 6 heteroatoms. The Balaban J connectivity index is 1.70. The third-order valence-electron chi connectivity index (χ3n) is 5.26. The smallest absolute Gasteiger partial charge is 0.262 e. The molecule has 0 saturated heterocycles. The van der Waals surface area contributed by atoms with E-state index in [1.807, 2.05) is 29.5 Å². The van der Waals surface area contributed by atoms with Crippen molar-refractivity contribution >= 4 is 22.4 Å². The molecule has 0 bridgehead atoms. The summed E-state index contributed by atoms with van der Waals surface area (Å²) in [4.78, 5) is 15.0. The lowest BCUT2D eigenvalue weighted by atomic mass is 10.1. The molecule has 5 rings (SSSR count). The zero-order valence-electron chi connectivity index (χ0n) is 14.8. The van der Waals surface area contributed by atoms with Crippen LogP contribution in [0.2, 0.25) is 0 Å². The summed E-state index contributed by atoms with van der Waals surface area (Å²) in [5.74, 6) is 1.43. The first-order valence-corrected chi connectivity index (χ1v) is 8.80. The van der Waals surface area contributed by atoms with Gasteiger partial charge in [-0.15, -0.1) is 10.2 Å². The molecule has 1 aliphatic heterocycles. The number of hydrogen-bond donors (Lipinski definition) is 0. The SMILES string of the molecule is Cc1ccc2c(c1)c(=O)n(C)c1nnc(CN3CCc4ccccc43)n21. The molecule has 0 atom stereocenters. The molecule has 0 saturated carbocycles. The monoisotopic (exact) mass is 345 g/mol. The van der Waals surface area contributed by atoms with Crippen molar-refractivity contribution in [1.29, 1.82) is 0 Å². The molecule has 0 amide bonds. The molecule has 26 heavy (non-hydrogen) atoms. The van der Waals surface area contributed by atoms with Crippen molar-refractivity contribution in [2.24, 2.45) is 7.05 Å². The first-order chi connectivity index (χ1) is 12.6. The van der Waals surface area contributed by atoms with Gasteiger partial charge in [0.25, 0.3) is 5.56 Å². The van der Waals surface area contributed by atoms with Crippen molar-refractivity contribution < 1.29 is 0 Å². The number of hydrogen-bond acceptors (Lipinski definition) is 4. The van der Waals surface area contributed by atoms with Gasteiger partial charge in [0.2, 0.25) is 5.78 Å². The van der Waals surface area contributed by atoms with Crippen molar-refractivity contribution in [3.63, 3.8) is 0 Å². The van der Waals surface area contributed by atoms with Crippen LogP contribution in [-0.4, -0.2) is 25.7 Å². The average molecular weight is 345 g/mol. The van der Waals surface area contributed by atoms with E-state index < -0.39 is 0 Å². The van der Waals surface area contributed by atoms with Crippen LogP contribution in [0.15, 0.2) is 47.3 Å². The Hall–Kier alpha value is -3.15. The summed E-state index contributed by atoms with van der Waals surface area (Å²) in [6.07, 6.45) is 1.05. The summed E-state index contributed by atoms with van der Waals surface area (Å²) in [5, 5.41) is 9.41. The standard InChI is InChI=1S/C20H19N5O/c1-13-7-8-17-15(11-13)19(26)23(2)20-22-21-18(25(17)20)12-24-10-9-14-5-3-4-6-16(14)24/h3-8,11H,9-10,12H2,1-2H3. The van der Waals surface area contributed by atoms with E-state index in [4.69, 9.17) is 0 Å². The molecular formula is C20H19N5O. The summed E-state index contributed by atoms with van der Waals surface area (Å²) < 4.78 is 3.59. The summed E-state index contributed by atoms with van der Waals surface area (Å²) in [7, 11) is 1.75. The Morgan fingerprint density at radius 3 is 2.85 bits per heavy atom. The van der Waals surface area contributed by atoms with Gasteiger partial charge in [-0.2, -0.15) is 0 Å². The molecule has 0 spiro atoms. The topological polar surface area (TPSA) is 55.4 Å².